The molecule has 4 atom stereocenters. The number of imide groups is 2. The van der Waals surface area contributed by atoms with Crippen molar-refractivity contribution in [2.45, 2.75) is 56.8 Å². The SMILES string of the molecule is NC[C@@H]1[C@H]2CC[C@H](C2)N1Cc1cccc2c1C(=O)N(C1CCC(=O)NC1=O)C2=O. The Morgan fingerprint density at radius 2 is 1.90 bits per heavy atom. The van der Waals surface area contributed by atoms with Crippen molar-refractivity contribution in [3.8, 4) is 0 Å². The first-order valence-corrected chi connectivity index (χ1v) is 10.3. The molecule has 3 heterocycles. The van der Waals surface area contributed by atoms with E-state index in [2.05, 4.69) is 10.2 Å². The van der Waals surface area contributed by atoms with Crippen LogP contribution in [-0.4, -0.2) is 58.1 Å². The number of hydrogen-bond acceptors (Lipinski definition) is 6. The van der Waals surface area contributed by atoms with Gasteiger partial charge in [0.1, 0.15) is 6.04 Å². The van der Waals surface area contributed by atoms with Gasteiger partial charge in [-0.15, -0.1) is 0 Å². The lowest BCUT2D eigenvalue weighted by atomic mass is 9.97. The van der Waals surface area contributed by atoms with E-state index in [-0.39, 0.29) is 18.7 Å². The Morgan fingerprint density at radius 1 is 1.07 bits per heavy atom. The zero-order chi connectivity index (χ0) is 20.3. The highest BCUT2D eigenvalue weighted by Crippen LogP contribution is 2.43. The number of fused-ring (bicyclic) bond motifs is 3. The summed E-state index contributed by atoms with van der Waals surface area (Å²) in [7, 11) is 0. The van der Waals surface area contributed by atoms with Gasteiger partial charge in [0, 0.05) is 31.6 Å². The molecular formula is C21H24N4O4. The summed E-state index contributed by atoms with van der Waals surface area (Å²) in [6.07, 6.45) is 3.77. The maximum Gasteiger partial charge on any atom is 0.262 e. The van der Waals surface area contributed by atoms with Crippen LogP contribution in [0.1, 0.15) is 58.4 Å². The van der Waals surface area contributed by atoms with Crippen LogP contribution in [-0.2, 0) is 16.1 Å². The highest BCUT2D eigenvalue weighted by molar-refractivity contribution is 6.24. The molecule has 2 saturated heterocycles. The summed E-state index contributed by atoms with van der Waals surface area (Å²) in [6.45, 7) is 1.17. The minimum absolute atomic E-state index is 0.117. The van der Waals surface area contributed by atoms with Crippen LogP contribution in [0.25, 0.3) is 0 Å². The summed E-state index contributed by atoms with van der Waals surface area (Å²) < 4.78 is 0. The third-order valence-electron chi connectivity index (χ3n) is 7.03. The number of nitrogens with zero attached hydrogens (tertiary/aromatic N) is 2. The molecule has 1 saturated carbocycles. The first-order chi connectivity index (χ1) is 14.0. The third-order valence-corrected chi connectivity index (χ3v) is 7.03. The lowest BCUT2D eigenvalue weighted by Gasteiger charge is -2.35. The van der Waals surface area contributed by atoms with Gasteiger partial charge < -0.3 is 5.73 Å². The molecule has 8 nitrogen and oxygen atoms in total. The van der Waals surface area contributed by atoms with E-state index in [0.29, 0.717) is 42.2 Å². The lowest BCUT2D eigenvalue weighted by Crippen LogP contribution is -2.54. The number of piperidine rings is 2. The predicted octanol–water partition coefficient (Wildman–Crippen LogP) is 0.399. The van der Waals surface area contributed by atoms with E-state index >= 15 is 0 Å². The monoisotopic (exact) mass is 396 g/mol. The van der Waals surface area contributed by atoms with Crippen LogP contribution in [0, 0.1) is 5.92 Å². The summed E-state index contributed by atoms with van der Waals surface area (Å²) in [4.78, 5) is 53.3. The Hall–Kier alpha value is -2.58. The quantitative estimate of drug-likeness (QED) is 0.713. The van der Waals surface area contributed by atoms with Gasteiger partial charge in [-0.05, 0) is 43.2 Å². The molecule has 3 fully saturated rings. The molecule has 0 radical (unpaired) electrons. The zero-order valence-electron chi connectivity index (χ0n) is 16.1. The fourth-order valence-electron chi connectivity index (χ4n) is 5.67. The van der Waals surface area contributed by atoms with Crippen molar-refractivity contribution in [3.63, 3.8) is 0 Å². The van der Waals surface area contributed by atoms with Crippen LogP contribution in [0.15, 0.2) is 18.2 Å². The number of hydrogen-bond donors (Lipinski definition) is 2. The number of carbonyl (C=O) groups excluding carboxylic acids is 4. The molecule has 3 aliphatic heterocycles. The van der Waals surface area contributed by atoms with Gasteiger partial charge in [-0.3, -0.25) is 34.3 Å². The van der Waals surface area contributed by atoms with Gasteiger partial charge in [-0.1, -0.05) is 12.1 Å². The van der Waals surface area contributed by atoms with E-state index in [4.69, 9.17) is 5.73 Å². The molecule has 0 spiro atoms. The highest BCUT2D eigenvalue weighted by atomic mass is 16.2. The van der Waals surface area contributed by atoms with Crippen molar-refractivity contribution >= 4 is 23.6 Å². The molecule has 1 aliphatic carbocycles. The highest BCUT2D eigenvalue weighted by Gasteiger charge is 2.48. The summed E-state index contributed by atoms with van der Waals surface area (Å²) in [6, 6.07) is 5.16. The van der Waals surface area contributed by atoms with Gasteiger partial charge in [0.15, 0.2) is 0 Å². The molecule has 3 N–H and O–H groups in total. The Bertz CT molecular complexity index is 929. The van der Waals surface area contributed by atoms with E-state index in [1.807, 2.05) is 6.07 Å². The van der Waals surface area contributed by atoms with Crippen LogP contribution in [0.2, 0.25) is 0 Å². The van der Waals surface area contributed by atoms with Crippen molar-refractivity contribution in [1.82, 2.24) is 15.1 Å². The normalized spacial score (nSPS) is 31.6. The molecule has 5 rings (SSSR count). The standard InChI is InChI=1S/C21H24N4O4/c22-9-16-11-4-5-13(8-11)24(16)10-12-2-1-3-14-18(12)21(29)25(20(14)28)15-6-7-17(26)23-19(15)27/h1-3,11,13,15-16H,4-10,22H2,(H,23,26,27)/t11-,13+,15?,16+/m0/s1. The molecule has 2 bridgehead atoms. The minimum atomic E-state index is -0.937. The Balaban J connectivity index is 1.45. The van der Waals surface area contributed by atoms with Gasteiger partial charge in [-0.25, -0.2) is 0 Å². The summed E-state index contributed by atoms with van der Waals surface area (Å²) in [5.74, 6) is -1.25. The summed E-state index contributed by atoms with van der Waals surface area (Å²) in [5.41, 5.74) is 7.57. The smallest absolute Gasteiger partial charge is 0.262 e. The van der Waals surface area contributed by atoms with Crippen LogP contribution in [0.3, 0.4) is 0 Å². The van der Waals surface area contributed by atoms with Gasteiger partial charge in [0.25, 0.3) is 11.8 Å². The molecule has 29 heavy (non-hydrogen) atoms. The van der Waals surface area contributed by atoms with E-state index < -0.39 is 23.8 Å². The van der Waals surface area contributed by atoms with Crippen LogP contribution in [0.5, 0.6) is 0 Å². The number of carbonyl (C=O) groups is 4. The van der Waals surface area contributed by atoms with Crippen LogP contribution < -0.4 is 11.1 Å². The predicted molar refractivity (Wildman–Crippen MR) is 103 cm³/mol. The number of amides is 4. The first kappa shape index (κ1) is 18.4. The lowest BCUT2D eigenvalue weighted by molar-refractivity contribution is -0.136. The van der Waals surface area contributed by atoms with Crippen molar-refractivity contribution in [1.29, 1.82) is 0 Å². The molecule has 1 aromatic carbocycles. The second kappa shape index (κ2) is 6.74. The molecule has 1 unspecified atom stereocenters. The van der Waals surface area contributed by atoms with Gasteiger partial charge >= 0.3 is 0 Å². The van der Waals surface area contributed by atoms with Crippen molar-refractivity contribution < 1.29 is 19.2 Å². The van der Waals surface area contributed by atoms with Gasteiger partial charge in [0.2, 0.25) is 11.8 Å². The van der Waals surface area contributed by atoms with Crippen LogP contribution in [0.4, 0.5) is 0 Å². The Kier molecular flexibility index (Phi) is 4.29. The maximum absolute atomic E-state index is 13.2. The zero-order valence-corrected chi connectivity index (χ0v) is 16.1. The minimum Gasteiger partial charge on any atom is -0.329 e. The Morgan fingerprint density at radius 3 is 2.66 bits per heavy atom. The number of nitrogens with two attached hydrogens (primary N) is 1. The van der Waals surface area contributed by atoms with Gasteiger partial charge in [0.05, 0.1) is 11.1 Å². The maximum atomic E-state index is 13.2. The fraction of sp³-hybridized carbons (Fsp3) is 0.524. The number of nitrogens with one attached hydrogen (secondary N) is 1. The second-order valence-electron chi connectivity index (χ2n) is 8.49. The average molecular weight is 396 g/mol. The molecule has 0 aromatic heterocycles. The molecule has 152 valence electrons. The second-order valence-corrected chi connectivity index (χ2v) is 8.49. The number of rotatable bonds is 4. The summed E-state index contributed by atoms with van der Waals surface area (Å²) >= 11 is 0. The van der Waals surface area contributed by atoms with E-state index in [0.717, 1.165) is 23.3 Å². The number of benzene rings is 1. The third kappa shape index (κ3) is 2.73. The van der Waals surface area contributed by atoms with Crippen LogP contribution >= 0.6 is 0 Å². The topological polar surface area (TPSA) is 113 Å². The van der Waals surface area contributed by atoms with Gasteiger partial charge in [-0.2, -0.15) is 0 Å². The van der Waals surface area contributed by atoms with E-state index in [9.17, 15) is 19.2 Å². The average Bonchev–Trinajstić information content (AvgIpc) is 3.37. The van der Waals surface area contributed by atoms with Crippen molar-refractivity contribution in [2.24, 2.45) is 11.7 Å². The van der Waals surface area contributed by atoms with Crippen molar-refractivity contribution in [3.05, 3.63) is 34.9 Å². The molecule has 4 amide bonds. The van der Waals surface area contributed by atoms with E-state index in [1.165, 1.54) is 6.42 Å². The van der Waals surface area contributed by atoms with E-state index in [1.54, 1.807) is 12.1 Å². The molecule has 1 aromatic rings. The molecule has 8 heteroatoms. The molecule has 4 aliphatic rings. The fourth-order valence-corrected chi connectivity index (χ4v) is 5.67. The first-order valence-electron chi connectivity index (χ1n) is 10.3. The number of likely N-dealkylation sites (tertiary alicyclic amines) is 1. The molecular weight excluding hydrogens is 372 g/mol. The van der Waals surface area contributed by atoms with Crippen molar-refractivity contribution in [2.75, 3.05) is 6.54 Å². The largest absolute Gasteiger partial charge is 0.329 e. The Labute approximate surface area is 168 Å². The summed E-state index contributed by atoms with van der Waals surface area (Å²) in [5, 5.41) is 2.23.